The summed E-state index contributed by atoms with van der Waals surface area (Å²) in [6.07, 6.45) is 9.92. The highest BCUT2D eigenvalue weighted by molar-refractivity contribution is 5.13. The fourth-order valence-electron chi connectivity index (χ4n) is 3.49. The zero-order valence-electron chi connectivity index (χ0n) is 12.6. The second kappa shape index (κ2) is 7.69. The largest absolute Gasteiger partial charge is 0.320 e. The van der Waals surface area contributed by atoms with E-state index in [0.29, 0.717) is 0 Å². The van der Waals surface area contributed by atoms with Gasteiger partial charge in [-0.2, -0.15) is 0 Å². The van der Waals surface area contributed by atoms with Crippen molar-refractivity contribution in [1.82, 2.24) is 0 Å². The molecule has 0 aromatic heterocycles. The first kappa shape index (κ1) is 14.6. The van der Waals surface area contributed by atoms with Gasteiger partial charge in [-0.1, -0.05) is 56.5 Å². The van der Waals surface area contributed by atoms with E-state index in [4.69, 9.17) is 0 Å². The third kappa shape index (κ3) is 4.65. The van der Waals surface area contributed by atoms with Crippen molar-refractivity contribution in [2.45, 2.75) is 58.4 Å². The molecule has 0 aliphatic carbocycles. The van der Waals surface area contributed by atoms with Crippen LogP contribution >= 0.6 is 0 Å². The fourth-order valence-corrected chi connectivity index (χ4v) is 3.49. The minimum absolute atomic E-state index is 1.26. The molecule has 1 aliphatic heterocycles. The Morgan fingerprint density at radius 3 is 2.26 bits per heavy atom. The molecular formula is C18H30N+. The number of nitrogens with zero attached hydrogens (tertiary/aromatic N) is 1. The van der Waals surface area contributed by atoms with Gasteiger partial charge in [0.15, 0.2) is 0 Å². The number of likely N-dealkylation sites (tertiary alicyclic amines) is 1. The molecule has 0 unspecified atom stereocenters. The second-order valence-corrected chi connectivity index (χ2v) is 6.28. The summed E-state index contributed by atoms with van der Waals surface area (Å²) in [5.74, 6) is 0. The summed E-state index contributed by atoms with van der Waals surface area (Å²) >= 11 is 0. The maximum absolute atomic E-state index is 2.30. The number of benzene rings is 1. The monoisotopic (exact) mass is 260 g/mol. The van der Waals surface area contributed by atoms with Crippen molar-refractivity contribution in [3.63, 3.8) is 0 Å². The summed E-state index contributed by atoms with van der Waals surface area (Å²) < 4.78 is 1.36. The van der Waals surface area contributed by atoms with E-state index >= 15 is 0 Å². The Morgan fingerprint density at radius 2 is 1.58 bits per heavy atom. The van der Waals surface area contributed by atoms with Crippen LogP contribution in [0.1, 0.15) is 57.4 Å². The van der Waals surface area contributed by atoms with Crippen LogP contribution in [-0.4, -0.2) is 24.1 Å². The van der Waals surface area contributed by atoms with Gasteiger partial charge in [0, 0.05) is 18.4 Å². The lowest BCUT2D eigenvalue weighted by molar-refractivity contribution is -0.930. The molecule has 0 atom stereocenters. The first-order chi connectivity index (χ1) is 9.35. The quantitative estimate of drug-likeness (QED) is 0.466. The van der Waals surface area contributed by atoms with Crippen molar-refractivity contribution in [2.75, 3.05) is 19.6 Å². The van der Waals surface area contributed by atoms with Gasteiger partial charge in [0.05, 0.1) is 19.6 Å². The molecule has 106 valence electrons. The van der Waals surface area contributed by atoms with Gasteiger partial charge in [-0.05, 0) is 12.8 Å². The van der Waals surface area contributed by atoms with Crippen LogP contribution in [0.5, 0.6) is 0 Å². The minimum Gasteiger partial charge on any atom is -0.320 e. The molecule has 1 aromatic carbocycles. The van der Waals surface area contributed by atoms with Gasteiger partial charge >= 0.3 is 0 Å². The standard InChI is InChI=1S/C18H30N/c1-2-3-4-5-9-14-19(15-10-11-16-19)17-18-12-7-6-8-13-18/h6-8,12-13H,2-5,9-11,14-17H2,1H3/q+1. The van der Waals surface area contributed by atoms with Gasteiger partial charge in [-0.3, -0.25) is 0 Å². The van der Waals surface area contributed by atoms with Crippen molar-refractivity contribution >= 4 is 0 Å². The lowest BCUT2D eigenvalue weighted by Crippen LogP contribution is -2.45. The van der Waals surface area contributed by atoms with Crippen molar-refractivity contribution in [1.29, 1.82) is 0 Å². The maximum Gasteiger partial charge on any atom is 0.104 e. The average molecular weight is 260 g/mol. The molecule has 1 heterocycles. The number of quaternary nitrogens is 1. The Kier molecular flexibility index (Phi) is 5.91. The van der Waals surface area contributed by atoms with E-state index in [-0.39, 0.29) is 0 Å². The van der Waals surface area contributed by atoms with Gasteiger partial charge in [-0.25, -0.2) is 0 Å². The zero-order valence-corrected chi connectivity index (χ0v) is 12.6. The van der Waals surface area contributed by atoms with Crippen LogP contribution in [0.4, 0.5) is 0 Å². The summed E-state index contributed by atoms with van der Waals surface area (Å²) in [6, 6.07) is 11.1. The maximum atomic E-state index is 2.30. The minimum atomic E-state index is 1.26. The molecule has 1 heteroatoms. The van der Waals surface area contributed by atoms with E-state index in [1.807, 2.05) is 0 Å². The Balaban J connectivity index is 1.83. The second-order valence-electron chi connectivity index (χ2n) is 6.28. The first-order valence-corrected chi connectivity index (χ1v) is 8.24. The highest BCUT2D eigenvalue weighted by Crippen LogP contribution is 2.24. The molecule has 1 saturated heterocycles. The summed E-state index contributed by atoms with van der Waals surface area (Å²) in [4.78, 5) is 0. The van der Waals surface area contributed by atoms with Crippen LogP contribution in [0.15, 0.2) is 30.3 Å². The van der Waals surface area contributed by atoms with Crippen molar-refractivity contribution < 1.29 is 4.48 Å². The summed E-state index contributed by atoms with van der Waals surface area (Å²) in [6.45, 7) is 7.77. The summed E-state index contributed by atoms with van der Waals surface area (Å²) in [5.41, 5.74) is 1.53. The molecule has 1 fully saturated rings. The van der Waals surface area contributed by atoms with E-state index in [2.05, 4.69) is 37.3 Å². The lowest BCUT2D eigenvalue weighted by Gasteiger charge is -2.34. The summed E-state index contributed by atoms with van der Waals surface area (Å²) in [5, 5.41) is 0. The lowest BCUT2D eigenvalue weighted by atomic mass is 10.1. The molecule has 1 aromatic rings. The van der Waals surface area contributed by atoms with Crippen molar-refractivity contribution in [3.05, 3.63) is 35.9 Å². The topological polar surface area (TPSA) is 0 Å². The fraction of sp³-hybridized carbons (Fsp3) is 0.667. The molecule has 1 nitrogen and oxygen atoms in total. The third-order valence-electron chi connectivity index (χ3n) is 4.61. The van der Waals surface area contributed by atoms with E-state index in [1.54, 1.807) is 0 Å². The van der Waals surface area contributed by atoms with E-state index in [1.165, 1.54) is 81.2 Å². The third-order valence-corrected chi connectivity index (χ3v) is 4.61. The Morgan fingerprint density at radius 1 is 0.895 bits per heavy atom. The molecule has 0 amide bonds. The van der Waals surface area contributed by atoms with Crippen molar-refractivity contribution in [3.8, 4) is 0 Å². The Labute approximate surface area is 119 Å². The summed E-state index contributed by atoms with van der Waals surface area (Å²) in [7, 11) is 0. The zero-order chi connectivity index (χ0) is 13.4. The highest BCUT2D eigenvalue weighted by Gasteiger charge is 2.31. The molecule has 19 heavy (non-hydrogen) atoms. The van der Waals surface area contributed by atoms with Gasteiger partial charge in [-0.15, -0.1) is 0 Å². The van der Waals surface area contributed by atoms with Crippen LogP contribution < -0.4 is 0 Å². The van der Waals surface area contributed by atoms with Gasteiger partial charge in [0.25, 0.3) is 0 Å². The van der Waals surface area contributed by atoms with Gasteiger partial charge in [0.1, 0.15) is 6.54 Å². The van der Waals surface area contributed by atoms with Crippen LogP contribution in [0, 0.1) is 0 Å². The Hall–Kier alpha value is -0.820. The molecule has 0 bridgehead atoms. The highest BCUT2D eigenvalue weighted by atomic mass is 15.4. The van der Waals surface area contributed by atoms with E-state index in [0.717, 1.165) is 0 Å². The smallest absolute Gasteiger partial charge is 0.104 e. The van der Waals surface area contributed by atoms with E-state index < -0.39 is 0 Å². The Bertz CT molecular complexity index is 338. The van der Waals surface area contributed by atoms with E-state index in [9.17, 15) is 0 Å². The number of hydrogen-bond acceptors (Lipinski definition) is 0. The molecule has 1 aliphatic rings. The molecule has 0 spiro atoms. The normalized spacial score (nSPS) is 17.7. The first-order valence-electron chi connectivity index (χ1n) is 8.24. The molecule has 2 rings (SSSR count). The average Bonchev–Trinajstić information content (AvgIpc) is 2.88. The SMILES string of the molecule is CCCCCCC[N+]1(Cc2ccccc2)CCCC1. The number of hydrogen-bond donors (Lipinski definition) is 0. The van der Waals surface area contributed by atoms with Crippen molar-refractivity contribution in [2.24, 2.45) is 0 Å². The predicted octanol–water partition coefficient (Wildman–Crippen LogP) is 4.77. The number of unbranched alkanes of at least 4 members (excludes halogenated alkanes) is 4. The van der Waals surface area contributed by atoms with Gasteiger partial charge in [0.2, 0.25) is 0 Å². The van der Waals surface area contributed by atoms with Gasteiger partial charge < -0.3 is 4.48 Å². The van der Waals surface area contributed by atoms with Crippen LogP contribution in [0.3, 0.4) is 0 Å². The molecular weight excluding hydrogens is 230 g/mol. The van der Waals surface area contributed by atoms with Crippen LogP contribution in [-0.2, 0) is 6.54 Å². The van der Waals surface area contributed by atoms with Crippen LogP contribution in [0.25, 0.3) is 0 Å². The number of rotatable bonds is 8. The van der Waals surface area contributed by atoms with Crippen LogP contribution in [0.2, 0.25) is 0 Å². The molecule has 0 N–H and O–H groups in total. The molecule has 0 radical (unpaired) electrons. The molecule has 0 saturated carbocycles. The predicted molar refractivity (Wildman–Crippen MR) is 83.0 cm³/mol.